The first-order valence-corrected chi connectivity index (χ1v) is 9.91. The molecule has 0 saturated heterocycles. The van der Waals surface area contributed by atoms with Crippen LogP contribution in [0.4, 0.5) is 5.69 Å². The van der Waals surface area contributed by atoms with Crippen molar-refractivity contribution in [1.82, 2.24) is 10.3 Å². The molecule has 0 spiro atoms. The van der Waals surface area contributed by atoms with Gasteiger partial charge in [0.15, 0.2) is 0 Å². The van der Waals surface area contributed by atoms with Crippen molar-refractivity contribution in [2.45, 2.75) is 11.4 Å². The van der Waals surface area contributed by atoms with Gasteiger partial charge in [0, 0.05) is 12.7 Å². The Hall–Kier alpha value is -3.39. The molecule has 1 amide bonds. The number of ether oxygens (including phenoxy) is 1. The van der Waals surface area contributed by atoms with Crippen LogP contribution in [-0.4, -0.2) is 26.4 Å². The Kier molecular flexibility index (Phi) is 5.90. The van der Waals surface area contributed by atoms with Crippen molar-refractivity contribution in [2.75, 3.05) is 11.8 Å². The lowest BCUT2D eigenvalue weighted by Crippen LogP contribution is -2.26. The second-order valence-electron chi connectivity index (χ2n) is 5.87. The van der Waals surface area contributed by atoms with Gasteiger partial charge in [-0.2, -0.15) is 0 Å². The molecule has 0 unspecified atom stereocenters. The minimum absolute atomic E-state index is 0.0624. The Morgan fingerprint density at radius 3 is 2.46 bits per heavy atom. The summed E-state index contributed by atoms with van der Waals surface area (Å²) in [6.07, 6.45) is 2.93. The number of anilines is 1. The average molecular weight is 397 g/mol. The highest BCUT2D eigenvalue weighted by Gasteiger charge is 2.22. The molecular weight excluding hydrogens is 378 g/mol. The van der Waals surface area contributed by atoms with E-state index in [1.807, 2.05) is 12.1 Å². The number of methoxy groups -OCH3 is 1. The van der Waals surface area contributed by atoms with E-state index in [2.05, 4.69) is 15.0 Å². The van der Waals surface area contributed by atoms with Gasteiger partial charge >= 0.3 is 0 Å². The fourth-order valence-corrected chi connectivity index (χ4v) is 3.79. The number of rotatable bonds is 7. The molecule has 0 aliphatic carbocycles. The number of amides is 1. The van der Waals surface area contributed by atoms with Gasteiger partial charge in [0.1, 0.15) is 10.6 Å². The Labute approximate surface area is 163 Å². The normalized spacial score (nSPS) is 10.9. The number of aromatic nitrogens is 1. The summed E-state index contributed by atoms with van der Waals surface area (Å²) in [7, 11) is -2.37. The molecule has 3 rings (SSSR count). The van der Waals surface area contributed by atoms with Crippen LogP contribution in [0.5, 0.6) is 5.75 Å². The van der Waals surface area contributed by atoms with Crippen LogP contribution in [0.25, 0.3) is 0 Å². The van der Waals surface area contributed by atoms with Crippen LogP contribution in [0.2, 0.25) is 0 Å². The van der Waals surface area contributed by atoms with Gasteiger partial charge in [-0.15, -0.1) is 0 Å². The second kappa shape index (κ2) is 8.53. The first-order valence-electron chi connectivity index (χ1n) is 8.42. The molecule has 0 fully saturated rings. The highest BCUT2D eigenvalue weighted by Crippen LogP contribution is 2.19. The predicted octanol–water partition coefficient (Wildman–Crippen LogP) is 2.82. The standard InChI is InChI=1S/C20H19N3O4S/c1-27-17-10-8-15(9-11-17)13-22-20(24)18-6-2-3-7-19(18)28(25,26)23-16-5-4-12-21-14-16/h2-12,14,23H,13H2,1H3,(H,22,24). The summed E-state index contributed by atoms with van der Waals surface area (Å²) >= 11 is 0. The summed E-state index contributed by atoms with van der Waals surface area (Å²) in [5, 5.41) is 2.74. The van der Waals surface area contributed by atoms with Gasteiger partial charge in [0.05, 0.1) is 24.6 Å². The van der Waals surface area contributed by atoms with Gasteiger partial charge in [-0.3, -0.25) is 14.5 Å². The van der Waals surface area contributed by atoms with Gasteiger partial charge < -0.3 is 10.1 Å². The smallest absolute Gasteiger partial charge is 0.262 e. The molecule has 3 aromatic rings. The number of nitrogens with zero attached hydrogens (tertiary/aromatic N) is 1. The number of carbonyl (C=O) groups excluding carboxylic acids is 1. The third kappa shape index (κ3) is 4.66. The maximum atomic E-state index is 12.7. The number of hydrogen-bond donors (Lipinski definition) is 2. The number of carbonyl (C=O) groups is 1. The van der Waals surface area contributed by atoms with E-state index in [-0.39, 0.29) is 17.0 Å². The summed E-state index contributed by atoms with van der Waals surface area (Å²) in [6.45, 7) is 0.257. The molecule has 0 atom stereocenters. The minimum Gasteiger partial charge on any atom is -0.497 e. The van der Waals surface area contributed by atoms with E-state index in [4.69, 9.17) is 4.74 Å². The predicted molar refractivity (Wildman–Crippen MR) is 106 cm³/mol. The lowest BCUT2D eigenvalue weighted by molar-refractivity contribution is 0.0947. The van der Waals surface area contributed by atoms with Crippen LogP contribution < -0.4 is 14.8 Å². The van der Waals surface area contributed by atoms with Crippen molar-refractivity contribution >= 4 is 21.6 Å². The van der Waals surface area contributed by atoms with E-state index in [9.17, 15) is 13.2 Å². The maximum Gasteiger partial charge on any atom is 0.262 e. The van der Waals surface area contributed by atoms with Crippen LogP contribution in [0.3, 0.4) is 0 Å². The van der Waals surface area contributed by atoms with Crippen LogP contribution in [0.1, 0.15) is 15.9 Å². The Morgan fingerprint density at radius 2 is 1.79 bits per heavy atom. The maximum absolute atomic E-state index is 12.7. The summed E-state index contributed by atoms with van der Waals surface area (Å²) in [5.74, 6) is 0.232. The Balaban J connectivity index is 1.77. The second-order valence-corrected chi connectivity index (χ2v) is 7.52. The molecule has 1 heterocycles. The SMILES string of the molecule is COc1ccc(CNC(=O)c2ccccc2S(=O)(=O)Nc2cccnc2)cc1. The Bertz CT molecular complexity index is 1050. The van der Waals surface area contributed by atoms with E-state index in [0.717, 1.165) is 5.56 Å². The largest absolute Gasteiger partial charge is 0.497 e. The zero-order chi connectivity index (χ0) is 20.0. The summed E-state index contributed by atoms with van der Waals surface area (Å²) in [6, 6.07) is 16.5. The molecule has 0 aliphatic heterocycles. The quantitative estimate of drug-likeness (QED) is 0.639. The first kappa shape index (κ1) is 19.4. The summed E-state index contributed by atoms with van der Waals surface area (Å²) < 4.78 is 33.0. The van der Waals surface area contributed by atoms with Crippen molar-refractivity contribution in [3.63, 3.8) is 0 Å². The van der Waals surface area contributed by atoms with E-state index in [1.54, 1.807) is 49.7 Å². The van der Waals surface area contributed by atoms with Gasteiger partial charge in [-0.05, 0) is 42.0 Å². The molecule has 7 nitrogen and oxygen atoms in total. The number of benzene rings is 2. The van der Waals surface area contributed by atoms with Crippen molar-refractivity contribution in [1.29, 1.82) is 0 Å². The molecular formula is C20H19N3O4S. The van der Waals surface area contributed by atoms with Gasteiger partial charge in [-0.1, -0.05) is 24.3 Å². The average Bonchev–Trinajstić information content (AvgIpc) is 2.73. The van der Waals surface area contributed by atoms with Crippen molar-refractivity contribution in [2.24, 2.45) is 0 Å². The van der Waals surface area contributed by atoms with Gasteiger partial charge in [0.25, 0.3) is 15.9 Å². The van der Waals surface area contributed by atoms with Crippen LogP contribution in [0, 0.1) is 0 Å². The summed E-state index contributed by atoms with van der Waals surface area (Å²) in [5.41, 5.74) is 1.24. The minimum atomic E-state index is -3.95. The van der Waals surface area contributed by atoms with E-state index >= 15 is 0 Å². The highest BCUT2D eigenvalue weighted by molar-refractivity contribution is 7.92. The highest BCUT2D eigenvalue weighted by atomic mass is 32.2. The lowest BCUT2D eigenvalue weighted by Gasteiger charge is -2.12. The van der Waals surface area contributed by atoms with Crippen molar-refractivity contribution < 1.29 is 17.9 Å². The molecule has 0 radical (unpaired) electrons. The van der Waals surface area contributed by atoms with Crippen LogP contribution in [0.15, 0.2) is 78.0 Å². The summed E-state index contributed by atoms with van der Waals surface area (Å²) in [4.78, 5) is 16.4. The molecule has 2 aromatic carbocycles. The third-order valence-corrected chi connectivity index (χ3v) is 5.39. The fourth-order valence-electron chi connectivity index (χ4n) is 2.54. The molecule has 28 heavy (non-hydrogen) atoms. The van der Waals surface area contributed by atoms with Gasteiger partial charge in [0.2, 0.25) is 0 Å². The number of pyridine rings is 1. The zero-order valence-electron chi connectivity index (χ0n) is 15.1. The molecule has 0 saturated carbocycles. The number of hydrogen-bond acceptors (Lipinski definition) is 5. The van der Waals surface area contributed by atoms with Crippen LogP contribution >= 0.6 is 0 Å². The lowest BCUT2D eigenvalue weighted by atomic mass is 10.2. The fraction of sp³-hybridized carbons (Fsp3) is 0.100. The van der Waals surface area contributed by atoms with E-state index in [0.29, 0.717) is 11.4 Å². The van der Waals surface area contributed by atoms with Crippen LogP contribution in [-0.2, 0) is 16.6 Å². The van der Waals surface area contributed by atoms with E-state index in [1.165, 1.54) is 18.3 Å². The van der Waals surface area contributed by atoms with Crippen molar-refractivity contribution in [3.8, 4) is 5.75 Å². The number of nitrogens with one attached hydrogen (secondary N) is 2. The third-order valence-electron chi connectivity index (χ3n) is 3.95. The molecule has 0 aliphatic rings. The topological polar surface area (TPSA) is 97.4 Å². The van der Waals surface area contributed by atoms with Crippen molar-refractivity contribution in [3.05, 3.63) is 84.2 Å². The molecule has 2 N–H and O–H groups in total. The van der Waals surface area contributed by atoms with Gasteiger partial charge in [-0.25, -0.2) is 8.42 Å². The zero-order valence-corrected chi connectivity index (χ0v) is 15.9. The molecule has 1 aromatic heterocycles. The monoisotopic (exact) mass is 397 g/mol. The molecule has 144 valence electrons. The van der Waals surface area contributed by atoms with E-state index < -0.39 is 15.9 Å². The molecule has 8 heteroatoms. The Morgan fingerprint density at radius 1 is 1.04 bits per heavy atom. The number of sulfonamides is 1. The molecule has 0 bridgehead atoms. The first-order chi connectivity index (χ1) is 13.5.